The zero-order chi connectivity index (χ0) is 23.9. The van der Waals surface area contributed by atoms with Crippen LogP contribution in [-0.2, 0) is 0 Å². The second-order valence-corrected chi connectivity index (χ2v) is 8.68. The van der Waals surface area contributed by atoms with Gasteiger partial charge in [0.1, 0.15) is 5.69 Å². The number of carbonyl (C=O) groups is 1. The van der Waals surface area contributed by atoms with Gasteiger partial charge in [-0.15, -0.1) is 0 Å². The Bertz CT molecular complexity index is 1090. The Hall–Kier alpha value is -3.32. The number of piperidine rings is 1. The highest BCUT2D eigenvalue weighted by Gasteiger charge is 2.24. The fourth-order valence-corrected chi connectivity index (χ4v) is 4.40. The second-order valence-electron chi connectivity index (χ2n) is 8.68. The van der Waals surface area contributed by atoms with E-state index < -0.39 is 0 Å². The van der Waals surface area contributed by atoms with Crippen LogP contribution in [0.25, 0.3) is 16.9 Å². The maximum absolute atomic E-state index is 13.4. The lowest BCUT2D eigenvalue weighted by molar-refractivity contribution is 0.0911. The molecule has 3 aromatic rings. The number of hydrogen-bond acceptors (Lipinski definition) is 5. The van der Waals surface area contributed by atoms with Gasteiger partial charge in [-0.2, -0.15) is 5.10 Å². The third-order valence-electron chi connectivity index (χ3n) is 6.39. The molecule has 0 unspecified atom stereocenters. The summed E-state index contributed by atoms with van der Waals surface area (Å²) in [5, 5.41) is 8.06. The first-order valence-corrected chi connectivity index (χ1v) is 12.0. The van der Waals surface area contributed by atoms with Crippen molar-refractivity contribution in [1.82, 2.24) is 20.0 Å². The van der Waals surface area contributed by atoms with Crippen molar-refractivity contribution in [2.24, 2.45) is 0 Å². The first-order valence-electron chi connectivity index (χ1n) is 12.0. The van der Waals surface area contributed by atoms with Crippen LogP contribution in [-0.4, -0.2) is 60.5 Å². The number of methoxy groups -OCH3 is 2. The Morgan fingerprint density at radius 3 is 2.47 bits per heavy atom. The molecule has 1 saturated heterocycles. The fourth-order valence-electron chi connectivity index (χ4n) is 4.40. The van der Waals surface area contributed by atoms with E-state index in [9.17, 15) is 4.79 Å². The number of nitrogens with zero attached hydrogens (tertiary/aromatic N) is 3. The molecule has 7 nitrogen and oxygen atoms in total. The number of aromatic nitrogens is 2. The van der Waals surface area contributed by atoms with Crippen LogP contribution < -0.4 is 14.8 Å². The van der Waals surface area contributed by atoms with Crippen LogP contribution >= 0.6 is 0 Å². The van der Waals surface area contributed by atoms with Crippen LogP contribution in [0.5, 0.6) is 11.5 Å². The van der Waals surface area contributed by atoms with Gasteiger partial charge in [0.2, 0.25) is 0 Å². The van der Waals surface area contributed by atoms with Gasteiger partial charge in [-0.25, -0.2) is 4.68 Å². The lowest BCUT2D eigenvalue weighted by Gasteiger charge is -2.32. The number of carbonyl (C=O) groups excluding carboxylic acids is 1. The van der Waals surface area contributed by atoms with Crippen LogP contribution in [0.15, 0.2) is 54.7 Å². The molecule has 34 heavy (non-hydrogen) atoms. The third kappa shape index (κ3) is 5.42. The van der Waals surface area contributed by atoms with Crippen molar-refractivity contribution in [3.8, 4) is 28.4 Å². The third-order valence-corrected chi connectivity index (χ3v) is 6.39. The highest BCUT2D eigenvalue weighted by molar-refractivity contribution is 6.00. The summed E-state index contributed by atoms with van der Waals surface area (Å²) in [5.41, 5.74) is 2.85. The predicted octanol–water partition coefficient (Wildman–Crippen LogP) is 4.55. The SMILES string of the molecule is CCCCN1CCC(NC(=O)c2cn(-c3ccccc3)nc2-c2ccc(OC)c(OC)c2)CC1. The van der Waals surface area contributed by atoms with Crippen molar-refractivity contribution < 1.29 is 14.3 Å². The lowest BCUT2D eigenvalue weighted by atomic mass is 10.0. The molecule has 0 atom stereocenters. The molecule has 2 heterocycles. The van der Waals surface area contributed by atoms with Crippen LogP contribution in [0.3, 0.4) is 0 Å². The van der Waals surface area contributed by atoms with Crippen LogP contribution in [0.4, 0.5) is 0 Å². The van der Waals surface area contributed by atoms with Gasteiger partial charge in [0.15, 0.2) is 11.5 Å². The van der Waals surface area contributed by atoms with Gasteiger partial charge in [0, 0.05) is 30.9 Å². The molecule has 180 valence electrons. The second kappa shape index (κ2) is 11.2. The summed E-state index contributed by atoms with van der Waals surface area (Å²) in [7, 11) is 3.21. The standard InChI is InChI=1S/C27H34N4O3/c1-4-5-15-30-16-13-21(14-17-30)28-27(32)23-19-31(22-9-7-6-8-10-22)29-26(23)20-11-12-24(33-2)25(18-20)34-3/h6-12,18-19,21H,4-5,13-17H2,1-3H3,(H,28,32). The molecule has 0 saturated carbocycles. The van der Waals surface area contributed by atoms with E-state index in [4.69, 9.17) is 14.6 Å². The molecule has 1 fully saturated rings. The van der Waals surface area contributed by atoms with Crippen LogP contribution in [0, 0.1) is 0 Å². The molecule has 1 aliphatic heterocycles. The number of likely N-dealkylation sites (tertiary alicyclic amines) is 1. The van der Waals surface area contributed by atoms with E-state index >= 15 is 0 Å². The smallest absolute Gasteiger partial charge is 0.255 e. The Balaban J connectivity index is 1.60. The van der Waals surface area contributed by atoms with E-state index in [1.165, 1.54) is 12.8 Å². The maximum atomic E-state index is 13.4. The molecule has 7 heteroatoms. The van der Waals surface area contributed by atoms with Crippen molar-refractivity contribution in [3.63, 3.8) is 0 Å². The number of nitrogens with one attached hydrogen (secondary N) is 1. The largest absolute Gasteiger partial charge is 0.493 e. The molecular formula is C27H34N4O3. The van der Waals surface area contributed by atoms with Crippen LogP contribution in [0.2, 0.25) is 0 Å². The van der Waals surface area contributed by atoms with Gasteiger partial charge >= 0.3 is 0 Å². The van der Waals surface area contributed by atoms with Gasteiger partial charge < -0.3 is 19.7 Å². The minimum atomic E-state index is -0.0982. The van der Waals surface area contributed by atoms with Crippen molar-refractivity contribution >= 4 is 5.91 Å². The van der Waals surface area contributed by atoms with Crippen molar-refractivity contribution in [1.29, 1.82) is 0 Å². The van der Waals surface area contributed by atoms with Gasteiger partial charge in [0.05, 0.1) is 25.5 Å². The molecule has 0 aliphatic carbocycles. The molecule has 4 rings (SSSR count). The number of unbranched alkanes of at least 4 members (excludes halogenated alkanes) is 1. The average molecular weight is 463 g/mol. The highest BCUT2D eigenvalue weighted by Crippen LogP contribution is 2.33. The summed E-state index contributed by atoms with van der Waals surface area (Å²) >= 11 is 0. The van der Waals surface area contributed by atoms with Crippen LogP contribution in [0.1, 0.15) is 43.0 Å². The number of benzene rings is 2. The predicted molar refractivity (Wildman–Crippen MR) is 134 cm³/mol. The number of para-hydroxylation sites is 1. The molecule has 0 bridgehead atoms. The first kappa shape index (κ1) is 23.8. The van der Waals surface area contributed by atoms with E-state index in [2.05, 4.69) is 17.1 Å². The normalized spacial score (nSPS) is 14.7. The van der Waals surface area contributed by atoms with Crippen molar-refractivity contribution in [2.75, 3.05) is 33.9 Å². The Morgan fingerprint density at radius 1 is 1.06 bits per heavy atom. The zero-order valence-corrected chi connectivity index (χ0v) is 20.3. The fraction of sp³-hybridized carbons (Fsp3) is 0.407. The van der Waals surface area contributed by atoms with Gasteiger partial charge in [-0.1, -0.05) is 31.5 Å². The van der Waals surface area contributed by atoms with E-state index in [1.54, 1.807) is 18.9 Å². The summed E-state index contributed by atoms with van der Waals surface area (Å²) in [5.74, 6) is 1.13. The molecule has 1 aliphatic rings. The Kier molecular flexibility index (Phi) is 7.85. The van der Waals surface area contributed by atoms with Gasteiger partial charge in [-0.3, -0.25) is 4.79 Å². The number of hydrogen-bond donors (Lipinski definition) is 1. The van der Waals surface area contributed by atoms with E-state index in [0.29, 0.717) is 22.8 Å². The van der Waals surface area contributed by atoms with Gasteiger partial charge in [-0.05, 0) is 56.1 Å². The number of rotatable bonds is 9. The molecule has 2 aromatic carbocycles. The summed E-state index contributed by atoms with van der Waals surface area (Å²) < 4.78 is 12.6. The minimum Gasteiger partial charge on any atom is -0.493 e. The quantitative estimate of drug-likeness (QED) is 0.505. The molecule has 1 N–H and O–H groups in total. The summed E-state index contributed by atoms with van der Waals surface area (Å²) in [6.07, 6.45) is 6.18. The topological polar surface area (TPSA) is 68.6 Å². The lowest BCUT2D eigenvalue weighted by Crippen LogP contribution is -2.44. The molecule has 1 amide bonds. The van der Waals surface area contributed by atoms with Crippen molar-refractivity contribution in [2.45, 2.75) is 38.6 Å². The Labute approximate surface area is 201 Å². The minimum absolute atomic E-state index is 0.0982. The van der Waals surface area contributed by atoms with E-state index in [0.717, 1.165) is 43.7 Å². The first-order chi connectivity index (χ1) is 16.6. The summed E-state index contributed by atoms with van der Waals surface area (Å²) in [6, 6.07) is 15.6. The Morgan fingerprint density at radius 2 is 1.79 bits per heavy atom. The summed E-state index contributed by atoms with van der Waals surface area (Å²) in [6.45, 7) is 5.41. The van der Waals surface area contributed by atoms with E-state index in [-0.39, 0.29) is 11.9 Å². The number of amides is 1. The molecule has 0 spiro atoms. The summed E-state index contributed by atoms with van der Waals surface area (Å²) in [4.78, 5) is 15.9. The van der Waals surface area contributed by atoms with E-state index in [1.807, 2.05) is 54.7 Å². The van der Waals surface area contributed by atoms with Gasteiger partial charge in [0.25, 0.3) is 5.91 Å². The molecule has 0 radical (unpaired) electrons. The molecule has 1 aromatic heterocycles. The number of ether oxygens (including phenoxy) is 2. The average Bonchev–Trinajstić information content (AvgIpc) is 3.34. The van der Waals surface area contributed by atoms with Crippen molar-refractivity contribution in [3.05, 3.63) is 60.3 Å². The monoisotopic (exact) mass is 462 g/mol. The molecular weight excluding hydrogens is 428 g/mol. The maximum Gasteiger partial charge on any atom is 0.255 e. The zero-order valence-electron chi connectivity index (χ0n) is 20.3. The highest BCUT2D eigenvalue weighted by atomic mass is 16.5.